The summed E-state index contributed by atoms with van der Waals surface area (Å²) >= 11 is 0. The minimum atomic E-state index is -4.17. The van der Waals surface area contributed by atoms with Crippen LogP contribution >= 0.6 is 0 Å². The summed E-state index contributed by atoms with van der Waals surface area (Å²) in [4.78, 5) is 1.92. The van der Waals surface area contributed by atoms with Gasteiger partial charge in [-0.25, -0.2) is 0 Å². The quantitative estimate of drug-likeness (QED) is 0.780. The Labute approximate surface area is 145 Å². The first-order valence-corrected chi connectivity index (χ1v) is 8.44. The van der Waals surface area contributed by atoms with E-state index < -0.39 is 17.5 Å². The van der Waals surface area contributed by atoms with Crippen LogP contribution in [0.2, 0.25) is 0 Å². The van der Waals surface area contributed by atoms with Crippen molar-refractivity contribution in [2.24, 2.45) is 11.3 Å². The van der Waals surface area contributed by atoms with Crippen LogP contribution in [0.4, 0.5) is 19.0 Å². The van der Waals surface area contributed by atoms with Crippen LogP contribution in [0, 0.1) is 11.3 Å². The molecule has 1 atom stereocenters. The molecule has 0 aliphatic carbocycles. The van der Waals surface area contributed by atoms with E-state index in [1.807, 2.05) is 31.7 Å². The third-order valence-electron chi connectivity index (χ3n) is 4.87. The van der Waals surface area contributed by atoms with Crippen molar-refractivity contribution < 1.29 is 13.2 Å². The Morgan fingerprint density at radius 3 is 2.36 bits per heavy atom. The molecule has 8 heteroatoms. The number of hydrogen-bond donors (Lipinski definition) is 0. The lowest BCUT2D eigenvalue weighted by Gasteiger charge is -2.45. The van der Waals surface area contributed by atoms with Gasteiger partial charge in [0.15, 0.2) is 11.5 Å². The second-order valence-electron chi connectivity index (χ2n) is 8.53. The largest absolute Gasteiger partial charge is 0.392 e. The number of anilines is 1. The maximum absolute atomic E-state index is 13.3. The summed E-state index contributed by atoms with van der Waals surface area (Å²) < 4.78 is 41.5. The van der Waals surface area contributed by atoms with E-state index in [1.165, 1.54) is 0 Å². The van der Waals surface area contributed by atoms with E-state index in [0.29, 0.717) is 24.6 Å². The smallest absolute Gasteiger partial charge is 0.355 e. The second-order valence-corrected chi connectivity index (χ2v) is 8.53. The maximum Gasteiger partial charge on any atom is 0.392 e. The van der Waals surface area contributed by atoms with Gasteiger partial charge in [-0.1, -0.05) is 34.6 Å². The number of halogens is 3. The van der Waals surface area contributed by atoms with Gasteiger partial charge in [0, 0.05) is 18.5 Å². The fourth-order valence-corrected chi connectivity index (χ4v) is 3.57. The van der Waals surface area contributed by atoms with E-state index in [-0.39, 0.29) is 11.8 Å². The van der Waals surface area contributed by atoms with Crippen molar-refractivity contribution >= 4 is 11.5 Å². The Hall–Kier alpha value is -1.86. The Morgan fingerprint density at radius 2 is 1.80 bits per heavy atom. The van der Waals surface area contributed by atoms with Crippen LogP contribution in [0.25, 0.3) is 5.65 Å². The number of aromatic nitrogens is 4. The number of piperidine rings is 1. The third-order valence-corrected chi connectivity index (χ3v) is 4.87. The molecule has 0 radical (unpaired) electrons. The molecule has 1 unspecified atom stereocenters. The third kappa shape index (κ3) is 3.30. The Bertz CT molecular complexity index is 773. The van der Waals surface area contributed by atoms with Crippen molar-refractivity contribution in [3.05, 3.63) is 18.0 Å². The number of nitrogens with zero attached hydrogens (tertiary/aromatic N) is 5. The summed E-state index contributed by atoms with van der Waals surface area (Å²) in [5.41, 5.74) is -0.459. The topological polar surface area (TPSA) is 46.3 Å². The predicted octanol–water partition coefficient (Wildman–Crippen LogP) is 3.84. The summed E-state index contributed by atoms with van der Waals surface area (Å²) in [5, 5.41) is 13.0. The summed E-state index contributed by atoms with van der Waals surface area (Å²) in [6.45, 7) is 10.1. The van der Waals surface area contributed by atoms with Crippen LogP contribution in [-0.4, -0.2) is 39.1 Å². The molecule has 0 saturated carbocycles. The highest BCUT2D eigenvalue weighted by molar-refractivity contribution is 5.46. The molecule has 1 aliphatic rings. The lowest BCUT2D eigenvalue weighted by molar-refractivity contribution is -0.206. The Morgan fingerprint density at radius 1 is 1.12 bits per heavy atom. The van der Waals surface area contributed by atoms with Gasteiger partial charge in [0.25, 0.3) is 0 Å². The van der Waals surface area contributed by atoms with Crippen LogP contribution in [-0.2, 0) is 5.41 Å². The second kappa shape index (κ2) is 5.57. The van der Waals surface area contributed by atoms with E-state index in [4.69, 9.17) is 0 Å². The number of rotatable bonds is 1. The molecular formula is C17H24F3N5. The molecule has 0 aromatic carbocycles. The summed E-state index contributed by atoms with van der Waals surface area (Å²) in [7, 11) is 0. The van der Waals surface area contributed by atoms with Gasteiger partial charge in [-0.2, -0.15) is 17.7 Å². The van der Waals surface area contributed by atoms with Crippen molar-refractivity contribution in [3.63, 3.8) is 0 Å². The first-order chi connectivity index (χ1) is 11.4. The van der Waals surface area contributed by atoms with Crippen LogP contribution in [0.1, 0.15) is 46.9 Å². The lowest BCUT2D eigenvalue weighted by atomic mass is 9.73. The van der Waals surface area contributed by atoms with Crippen molar-refractivity contribution in [1.82, 2.24) is 19.8 Å². The first kappa shape index (κ1) is 17.9. The SMILES string of the molecule is CC(C)(C)c1nnc2ccc(N3CCC(C(F)(F)F)C(C)(C)C3)nn12. The summed E-state index contributed by atoms with van der Waals surface area (Å²) in [6, 6.07) is 3.62. The molecule has 3 heterocycles. The fourth-order valence-electron chi connectivity index (χ4n) is 3.57. The maximum atomic E-state index is 13.3. The van der Waals surface area contributed by atoms with E-state index in [1.54, 1.807) is 24.4 Å². The zero-order valence-electron chi connectivity index (χ0n) is 15.2. The highest BCUT2D eigenvalue weighted by atomic mass is 19.4. The molecule has 5 nitrogen and oxygen atoms in total. The lowest BCUT2D eigenvalue weighted by Crippen LogP contribution is -2.51. The van der Waals surface area contributed by atoms with Crippen molar-refractivity contribution in [2.75, 3.05) is 18.0 Å². The molecule has 0 amide bonds. The van der Waals surface area contributed by atoms with Crippen molar-refractivity contribution in [1.29, 1.82) is 0 Å². The Balaban J connectivity index is 1.93. The highest BCUT2D eigenvalue weighted by Gasteiger charge is 2.51. The van der Waals surface area contributed by atoms with Crippen molar-refractivity contribution in [2.45, 2.75) is 52.6 Å². The van der Waals surface area contributed by atoms with Gasteiger partial charge in [0.05, 0.1) is 5.92 Å². The average molecular weight is 355 g/mol. The fraction of sp³-hybridized carbons (Fsp3) is 0.706. The first-order valence-electron chi connectivity index (χ1n) is 8.44. The van der Waals surface area contributed by atoms with Gasteiger partial charge in [-0.15, -0.1) is 15.3 Å². The standard InChI is InChI=1S/C17H24F3N5/c1-15(2,3)14-22-21-12-6-7-13(23-25(12)14)24-9-8-11(17(18,19)20)16(4,5)10-24/h6-7,11H,8-10H2,1-5H3. The molecule has 25 heavy (non-hydrogen) atoms. The van der Waals surface area contributed by atoms with Gasteiger partial charge in [-0.05, 0) is 24.0 Å². The van der Waals surface area contributed by atoms with Gasteiger partial charge in [0.2, 0.25) is 0 Å². The van der Waals surface area contributed by atoms with Crippen LogP contribution in [0.15, 0.2) is 12.1 Å². The van der Waals surface area contributed by atoms with Crippen molar-refractivity contribution in [3.8, 4) is 0 Å². The molecule has 0 spiro atoms. The predicted molar refractivity (Wildman–Crippen MR) is 89.6 cm³/mol. The zero-order valence-corrected chi connectivity index (χ0v) is 15.2. The highest BCUT2D eigenvalue weighted by Crippen LogP contribution is 2.45. The van der Waals surface area contributed by atoms with Gasteiger partial charge in [0.1, 0.15) is 5.82 Å². The molecule has 138 valence electrons. The van der Waals surface area contributed by atoms with E-state index in [2.05, 4.69) is 15.3 Å². The molecule has 1 aliphatic heterocycles. The van der Waals surface area contributed by atoms with Gasteiger partial charge < -0.3 is 4.90 Å². The van der Waals surface area contributed by atoms with Crippen LogP contribution in [0.5, 0.6) is 0 Å². The summed E-state index contributed by atoms with van der Waals surface area (Å²) in [5.74, 6) is 0.0975. The van der Waals surface area contributed by atoms with Crippen LogP contribution in [0.3, 0.4) is 0 Å². The van der Waals surface area contributed by atoms with E-state index >= 15 is 0 Å². The van der Waals surface area contributed by atoms with Gasteiger partial charge in [-0.3, -0.25) is 0 Å². The van der Waals surface area contributed by atoms with E-state index in [9.17, 15) is 13.2 Å². The average Bonchev–Trinajstić information content (AvgIpc) is 2.87. The monoisotopic (exact) mass is 355 g/mol. The molecule has 1 saturated heterocycles. The summed E-state index contributed by atoms with van der Waals surface area (Å²) in [6.07, 6.45) is -4.09. The number of alkyl halides is 3. The molecule has 2 aromatic heterocycles. The zero-order chi connectivity index (χ0) is 18.6. The molecule has 3 rings (SSSR count). The molecule has 2 aromatic rings. The number of hydrogen-bond acceptors (Lipinski definition) is 4. The normalized spacial score (nSPS) is 21.8. The van der Waals surface area contributed by atoms with Crippen LogP contribution < -0.4 is 4.90 Å². The Kier molecular flexibility index (Phi) is 4.00. The van der Waals surface area contributed by atoms with E-state index in [0.717, 1.165) is 5.82 Å². The molecule has 0 N–H and O–H groups in total. The molecule has 1 fully saturated rings. The molecule has 0 bridgehead atoms. The minimum absolute atomic E-state index is 0.0739. The molecular weight excluding hydrogens is 331 g/mol. The number of fused-ring (bicyclic) bond motifs is 1. The minimum Gasteiger partial charge on any atom is -0.355 e. The van der Waals surface area contributed by atoms with Gasteiger partial charge >= 0.3 is 6.18 Å².